The number of likely N-dealkylation sites (tertiary alicyclic amines) is 1. The second-order valence-electron chi connectivity index (χ2n) is 6.09. The number of hydrogen-bond acceptors (Lipinski definition) is 3. The first-order valence-electron chi connectivity index (χ1n) is 7.89. The fourth-order valence-electron chi connectivity index (χ4n) is 3.29. The molecule has 2 aliphatic rings. The third kappa shape index (κ3) is 4.47. The van der Waals surface area contributed by atoms with Crippen LogP contribution in [0.25, 0.3) is 0 Å². The molecule has 0 unspecified atom stereocenters. The van der Waals surface area contributed by atoms with E-state index in [0.29, 0.717) is 25.8 Å². The molecule has 1 saturated carbocycles. The summed E-state index contributed by atoms with van der Waals surface area (Å²) in [5, 5.41) is 11.9. The number of aliphatic carboxylic acids is 1. The SMILES string of the molecule is O=C(O)[C@H]1CC[C@@H](C(=O)NCCN2CCCCCC2)C1. The lowest BCUT2D eigenvalue weighted by molar-refractivity contribution is -0.141. The van der Waals surface area contributed by atoms with E-state index < -0.39 is 5.97 Å². The van der Waals surface area contributed by atoms with Crippen molar-refractivity contribution in [3.8, 4) is 0 Å². The molecular formula is C15H26N2O3. The van der Waals surface area contributed by atoms with Gasteiger partial charge in [-0.2, -0.15) is 0 Å². The van der Waals surface area contributed by atoms with Gasteiger partial charge in [-0.1, -0.05) is 12.8 Å². The molecule has 5 nitrogen and oxygen atoms in total. The number of rotatable bonds is 5. The molecular weight excluding hydrogens is 256 g/mol. The first-order valence-corrected chi connectivity index (χ1v) is 7.89. The Labute approximate surface area is 120 Å². The Morgan fingerprint density at radius 3 is 2.30 bits per heavy atom. The Morgan fingerprint density at radius 1 is 1.05 bits per heavy atom. The third-order valence-corrected chi connectivity index (χ3v) is 4.58. The van der Waals surface area contributed by atoms with E-state index in [-0.39, 0.29) is 17.7 Å². The van der Waals surface area contributed by atoms with Crippen LogP contribution in [0, 0.1) is 11.8 Å². The predicted molar refractivity (Wildman–Crippen MR) is 76.4 cm³/mol. The van der Waals surface area contributed by atoms with Crippen LogP contribution in [0.15, 0.2) is 0 Å². The van der Waals surface area contributed by atoms with Gasteiger partial charge in [0.05, 0.1) is 5.92 Å². The molecule has 0 aromatic heterocycles. The summed E-state index contributed by atoms with van der Waals surface area (Å²) in [6.45, 7) is 3.88. The number of carboxylic acid groups (broad SMARTS) is 1. The maximum atomic E-state index is 12.0. The van der Waals surface area contributed by atoms with Gasteiger partial charge in [-0.3, -0.25) is 9.59 Å². The second kappa shape index (κ2) is 7.62. The molecule has 1 saturated heterocycles. The molecule has 5 heteroatoms. The molecule has 2 rings (SSSR count). The predicted octanol–water partition coefficient (Wildman–Crippen LogP) is 1.48. The molecule has 2 fully saturated rings. The molecule has 0 radical (unpaired) electrons. The Morgan fingerprint density at radius 2 is 1.70 bits per heavy atom. The molecule has 1 heterocycles. The minimum Gasteiger partial charge on any atom is -0.481 e. The summed E-state index contributed by atoms with van der Waals surface area (Å²) in [5.41, 5.74) is 0. The third-order valence-electron chi connectivity index (χ3n) is 4.58. The lowest BCUT2D eigenvalue weighted by Gasteiger charge is -2.20. The Kier molecular flexibility index (Phi) is 5.83. The van der Waals surface area contributed by atoms with E-state index in [9.17, 15) is 9.59 Å². The maximum absolute atomic E-state index is 12.0. The summed E-state index contributed by atoms with van der Waals surface area (Å²) in [5.74, 6) is -1.13. The van der Waals surface area contributed by atoms with Crippen LogP contribution in [0.2, 0.25) is 0 Å². The van der Waals surface area contributed by atoms with Crippen molar-refractivity contribution in [2.75, 3.05) is 26.2 Å². The summed E-state index contributed by atoms with van der Waals surface area (Å²) < 4.78 is 0. The van der Waals surface area contributed by atoms with Crippen LogP contribution in [-0.2, 0) is 9.59 Å². The summed E-state index contributed by atoms with van der Waals surface area (Å²) in [4.78, 5) is 25.3. The molecule has 20 heavy (non-hydrogen) atoms. The molecule has 0 spiro atoms. The minimum absolute atomic E-state index is 0.0450. The van der Waals surface area contributed by atoms with Crippen LogP contribution in [-0.4, -0.2) is 48.1 Å². The highest BCUT2D eigenvalue weighted by Crippen LogP contribution is 2.30. The molecule has 114 valence electrons. The van der Waals surface area contributed by atoms with E-state index in [1.54, 1.807) is 0 Å². The largest absolute Gasteiger partial charge is 0.481 e. The molecule has 2 atom stereocenters. The monoisotopic (exact) mass is 282 g/mol. The number of nitrogens with zero attached hydrogens (tertiary/aromatic N) is 1. The van der Waals surface area contributed by atoms with Crippen molar-refractivity contribution in [1.82, 2.24) is 10.2 Å². The van der Waals surface area contributed by atoms with Crippen LogP contribution in [0.3, 0.4) is 0 Å². The van der Waals surface area contributed by atoms with Crippen molar-refractivity contribution in [1.29, 1.82) is 0 Å². The standard InChI is InChI=1S/C15H26N2O3/c18-14(12-5-6-13(11-12)15(19)20)16-7-10-17-8-3-1-2-4-9-17/h12-13H,1-11H2,(H,16,18)(H,19,20)/t12-,13+/m1/s1. The highest BCUT2D eigenvalue weighted by Gasteiger charge is 2.33. The summed E-state index contributed by atoms with van der Waals surface area (Å²) >= 11 is 0. The Bertz CT molecular complexity index is 338. The van der Waals surface area contributed by atoms with Gasteiger partial charge in [-0.05, 0) is 45.2 Å². The van der Waals surface area contributed by atoms with Crippen molar-refractivity contribution >= 4 is 11.9 Å². The lowest BCUT2D eigenvalue weighted by atomic mass is 10.0. The molecule has 0 aromatic rings. The topological polar surface area (TPSA) is 69.6 Å². The molecule has 1 amide bonds. The summed E-state index contributed by atoms with van der Waals surface area (Å²) in [7, 11) is 0. The number of carboxylic acids is 1. The molecule has 0 bridgehead atoms. The van der Waals surface area contributed by atoms with Crippen LogP contribution >= 0.6 is 0 Å². The van der Waals surface area contributed by atoms with Crippen molar-refractivity contribution < 1.29 is 14.7 Å². The number of amides is 1. The van der Waals surface area contributed by atoms with E-state index in [2.05, 4.69) is 10.2 Å². The van der Waals surface area contributed by atoms with Gasteiger partial charge in [0.15, 0.2) is 0 Å². The van der Waals surface area contributed by atoms with E-state index >= 15 is 0 Å². The zero-order chi connectivity index (χ0) is 14.4. The zero-order valence-corrected chi connectivity index (χ0v) is 12.1. The van der Waals surface area contributed by atoms with Gasteiger partial charge in [0.25, 0.3) is 0 Å². The first-order chi connectivity index (χ1) is 9.66. The van der Waals surface area contributed by atoms with E-state index in [1.807, 2.05) is 0 Å². The van der Waals surface area contributed by atoms with Crippen molar-refractivity contribution in [3.63, 3.8) is 0 Å². The number of nitrogens with one attached hydrogen (secondary N) is 1. The van der Waals surface area contributed by atoms with Gasteiger partial charge in [-0.15, -0.1) is 0 Å². The van der Waals surface area contributed by atoms with Gasteiger partial charge in [0, 0.05) is 19.0 Å². The van der Waals surface area contributed by atoms with Crippen LogP contribution < -0.4 is 5.32 Å². The lowest BCUT2D eigenvalue weighted by Crippen LogP contribution is -2.37. The van der Waals surface area contributed by atoms with Crippen LogP contribution in [0.1, 0.15) is 44.9 Å². The quantitative estimate of drug-likeness (QED) is 0.801. The fourth-order valence-corrected chi connectivity index (χ4v) is 3.29. The summed E-state index contributed by atoms with van der Waals surface area (Å²) in [6, 6.07) is 0. The number of carbonyl (C=O) groups is 2. The van der Waals surface area contributed by atoms with Crippen molar-refractivity contribution in [3.05, 3.63) is 0 Å². The van der Waals surface area contributed by atoms with E-state index in [1.165, 1.54) is 25.7 Å². The normalized spacial score (nSPS) is 28.0. The van der Waals surface area contributed by atoms with Gasteiger partial charge in [-0.25, -0.2) is 0 Å². The Hall–Kier alpha value is -1.10. The molecule has 1 aliphatic heterocycles. The maximum Gasteiger partial charge on any atom is 0.306 e. The molecule has 1 aliphatic carbocycles. The average Bonchev–Trinajstić information content (AvgIpc) is 2.78. The zero-order valence-electron chi connectivity index (χ0n) is 12.1. The Balaban J connectivity index is 1.64. The highest BCUT2D eigenvalue weighted by atomic mass is 16.4. The summed E-state index contributed by atoms with van der Waals surface area (Å²) in [6.07, 6.45) is 7.02. The smallest absolute Gasteiger partial charge is 0.306 e. The van der Waals surface area contributed by atoms with E-state index in [4.69, 9.17) is 5.11 Å². The first kappa shape index (κ1) is 15.3. The fraction of sp³-hybridized carbons (Fsp3) is 0.867. The van der Waals surface area contributed by atoms with Crippen LogP contribution in [0.4, 0.5) is 0 Å². The second-order valence-corrected chi connectivity index (χ2v) is 6.09. The minimum atomic E-state index is -0.759. The number of hydrogen-bond donors (Lipinski definition) is 2. The van der Waals surface area contributed by atoms with Crippen molar-refractivity contribution in [2.24, 2.45) is 11.8 Å². The molecule has 2 N–H and O–H groups in total. The van der Waals surface area contributed by atoms with Gasteiger partial charge in [0.1, 0.15) is 0 Å². The highest BCUT2D eigenvalue weighted by molar-refractivity contribution is 5.80. The average molecular weight is 282 g/mol. The van der Waals surface area contributed by atoms with Gasteiger partial charge < -0.3 is 15.3 Å². The van der Waals surface area contributed by atoms with Gasteiger partial charge in [0.2, 0.25) is 5.91 Å². The van der Waals surface area contributed by atoms with Crippen molar-refractivity contribution in [2.45, 2.75) is 44.9 Å². The van der Waals surface area contributed by atoms with Crippen LogP contribution in [0.5, 0.6) is 0 Å². The van der Waals surface area contributed by atoms with E-state index in [0.717, 1.165) is 19.6 Å². The van der Waals surface area contributed by atoms with Gasteiger partial charge >= 0.3 is 5.97 Å². The molecule has 0 aromatic carbocycles. The number of carbonyl (C=O) groups excluding carboxylic acids is 1.